The third-order valence-electron chi connectivity index (χ3n) is 3.52. The first-order valence-corrected chi connectivity index (χ1v) is 7.45. The lowest BCUT2D eigenvalue weighted by Crippen LogP contribution is -2.10. The fourth-order valence-corrected chi connectivity index (χ4v) is 3.15. The Labute approximate surface area is 126 Å². The van der Waals surface area contributed by atoms with E-state index in [0.717, 1.165) is 25.9 Å². The summed E-state index contributed by atoms with van der Waals surface area (Å²) in [7, 11) is 0. The fraction of sp³-hybridized carbons (Fsp3) is 0.250. The predicted octanol–water partition coefficient (Wildman–Crippen LogP) is 6.03. The van der Waals surface area contributed by atoms with E-state index in [1.165, 1.54) is 10.9 Å². The van der Waals surface area contributed by atoms with Crippen molar-refractivity contribution in [2.75, 3.05) is 0 Å². The molecule has 0 amide bonds. The van der Waals surface area contributed by atoms with E-state index < -0.39 is 0 Å². The van der Waals surface area contributed by atoms with Gasteiger partial charge in [0.15, 0.2) is 0 Å². The van der Waals surface area contributed by atoms with Crippen molar-refractivity contribution < 1.29 is 0 Å². The summed E-state index contributed by atoms with van der Waals surface area (Å²) in [5.74, 6) is 0. The lowest BCUT2D eigenvalue weighted by molar-refractivity contribution is 0.591. The lowest BCUT2D eigenvalue weighted by Gasteiger charge is -2.18. The van der Waals surface area contributed by atoms with Gasteiger partial charge in [0.25, 0.3) is 0 Å². The van der Waals surface area contributed by atoms with Crippen LogP contribution < -0.4 is 0 Å². The van der Waals surface area contributed by atoms with Gasteiger partial charge in [0.2, 0.25) is 0 Å². The molecule has 0 bridgehead atoms. The second kappa shape index (κ2) is 4.26. The lowest BCUT2D eigenvalue weighted by atomic mass is 9.86. The van der Waals surface area contributed by atoms with Gasteiger partial charge in [-0.3, -0.25) is 0 Å². The van der Waals surface area contributed by atoms with E-state index in [1.54, 1.807) is 0 Å². The molecule has 0 aliphatic heterocycles. The minimum absolute atomic E-state index is 0.142. The number of nitrogens with one attached hydrogen (secondary N) is 1. The molecule has 98 valence electrons. The van der Waals surface area contributed by atoms with Gasteiger partial charge in [0, 0.05) is 20.8 Å². The van der Waals surface area contributed by atoms with Gasteiger partial charge in [0.05, 0.1) is 10.5 Å². The van der Waals surface area contributed by atoms with Crippen molar-refractivity contribution in [3.05, 3.63) is 45.4 Å². The summed E-state index contributed by atoms with van der Waals surface area (Å²) < 4.78 is 1.07. The van der Waals surface area contributed by atoms with Crippen LogP contribution in [0.25, 0.3) is 21.8 Å². The van der Waals surface area contributed by atoms with Crippen molar-refractivity contribution in [3.63, 3.8) is 0 Å². The maximum Gasteiger partial charge on any atom is 0.0665 e. The molecular weight excluding hydrogens is 322 g/mol. The molecule has 0 atom stereocenters. The van der Waals surface area contributed by atoms with Gasteiger partial charge in [-0.15, -0.1) is 0 Å². The highest BCUT2D eigenvalue weighted by molar-refractivity contribution is 9.10. The monoisotopic (exact) mass is 335 g/mol. The molecule has 0 fully saturated rings. The van der Waals surface area contributed by atoms with Crippen LogP contribution in [0.5, 0.6) is 0 Å². The van der Waals surface area contributed by atoms with E-state index in [4.69, 9.17) is 11.6 Å². The van der Waals surface area contributed by atoms with E-state index in [1.807, 2.05) is 12.1 Å². The third kappa shape index (κ3) is 2.07. The minimum Gasteiger partial charge on any atom is -0.353 e. The smallest absolute Gasteiger partial charge is 0.0665 e. The molecular formula is C16H15BrClN. The molecule has 2 aromatic carbocycles. The van der Waals surface area contributed by atoms with Gasteiger partial charge >= 0.3 is 0 Å². The number of aromatic amines is 1. The van der Waals surface area contributed by atoms with Crippen molar-refractivity contribution in [2.45, 2.75) is 26.2 Å². The molecule has 0 spiro atoms. The summed E-state index contributed by atoms with van der Waals surface area (Å²) in [6, 6.07) is 10.5. The Hall–Kier alpha value is -0.990. The quantitative estimate of drug-likeness (QED) is 0.515. The Bertz CT molecular complexity index is 781. The van der Waals surface area contributed by atoms with Crippen LogP contribution in [0.15, 0.2) is 34.8 Å². The van der Waals surface area contributed by atoms with E-state index in [9.17, 15) is 0 Å². The number of rotatable bonds is 0. The minimum atomic E-state index is 0.142. The molecule has 0 saturated heterocycles. The van der Waals surface area contributed by atoms with Crippen molar-refractivity contribution in [2.24, 2.45) is 0 Å². The van der Waals surface area contributed by atoms with E-state index in [-0.39, 0.29) is 5.41 Å². The maximum absolute atomic E-state index is 6.28. The first kappa shape index (κ1) is 13.0. The number of hydrogen-bond donors (Lipinski definition) is 1. The van der Waals surface area contributed by atoms with Crippen molar-refractivity contribution in [1.82, 2.24) is 4.98 Å². The number of fused-ring (bicyclic) bond motifs is 3. The van der Waals surface area contributed by atoms with E-state index >= 15 is 0 Å². The molecule has 3 heteroatoms. The molecule has 0 radical (unpaired) electrons. The molecule has 1 nitrogen and oxygen atoms in total. The number of H-pyrrole nitrogens is 1. The summed E-state index contributed by atoms with van der Waals surface area (Å²) in [6.07, 6.45) is 0. The Kier molecular flexibility index (Phi) is 2.91. The van der Waals surface area contributed by atoms with Crippen LogP contribution in [-0.4, -0.2) is 4.98 Å². The molecule has 0 aliphatic carbocycles. The fourth-order valence-electron chi connectivity index (χ4n) is 2.40. The average molecular weight is 337 g/mol. The summed E-state index contributed by atoms with van der Waals surface area (Å²) in [5.41, 5.74) is 3.59. The largest absolute Gasteiger partial charge is 0.353 e. The van der Waals surface area contributed by atoms with Crippen LogP contribution in [0.4, 0.5) is 0 Å². The van der Waals surface area contributed by atoms with Crippen LogP contribution in [0.3, 0.4) is 0 Å². The SMILES string of the molecule is CC(C)(C)c1ccc2[nH]c3c(Cl)ccc(Br)c3c2c1. The molecule has 1 aromatic heterocycles. The number of hydrogen-bond acceptors (Lipinski definition) is 0. The second-order valence-corrected chi connectivity index (χ2v) is 7.18. The normalized spacial score (nSPS) is 12.5. The summed E-state index contributed by atoms with van der Waals surface area (Å²) in [6.45, 7) is 6.68. The zero-order valence-corrected chi connectivity index (χ0v) is 13.5. The molecule has 1 N–H and O–H groups in total. The Morgan fingerprint density at radius 3 is 2.53 bits per heavy atom. The number of aromatic nitrogens is 1. The number of benzene rings is 2. The highest BCUT2D eigenvalue weighted by atomic mass is 79.9. The van der Waals surface area contributed by atoms with Gasteiger partial charge in [-0.2, -0.15) is 0 Å². The van der Waals surface area contributed by atoms with Crippen molar-refractivity contribution in [1.29, 1.82) is 0 Å². The molecule has 3 rings (SSSR count). The first-order valence-electron chi connectivity index (χ1n) is 6.28. The maximum atomic E-state index is 6.28. The molecule has 0 unspecified atom stereocenters. The zero-order chi connectivity index (χ0) is 13.8. The zero-order valence-electron chi connectivity index (χ0n) is 11.1. The van der Waals surface area contributed by atoms with E-state index in [0.29, 0.717) is 0 Å². The van der Waals surface area contributed by atoms with Gasteiger partial charge in [-0.25, -0.2) is 0 Å². The van der Waals surface area contributed by atoms with E-state index in [2.05, 4.69) is 59.9 Å². The predicted molar refractivity (Wildman–Crippen MR) is 87.2 cm³/mol. The second-order valence-electron chi connectivity index (χ2n) is 5.91. The van der Waals surface area contributed by atoms with Gasteiger partial charge in [-0.1, -0.05) is 54.4 Å². The molecule has 3 aromatic rings. The summed E-state index contributed by atoms with van der Waals surface area (Å²) >= 11 is 9.91. The Morgan fingerprint density at radius 1 is 1.11 bits per heavy atom. The highest BCUT2D eigenvalue weighted by Gasteiger charge is 2.16. The van der Waals surface area contributed by atoms with Crippen LogP contribution in [-0.2, 0) is 5.41 Å². The van der Waals surface area contributed by atoms with Gasteiger partial charge in [-0.05, 0) is 35.2 Å². The van der Waals surface area contributed by atoms with Crippen LogP contribution in [0, 0.1) is 0 Å². The van der Waals surface area contributed by atoms with Gasteiger partial charge < -0.3 is 4.98 Å². The molecule has 19 heavy (non-hydrogen) atoms. The van der Waals surface area contributed by atoms with Crippen molar-refractivity contribution in [3.8, 4) is 0 Å². The first-order chi connectivity index (χ1) is 8.88. The van der Waals surface area contributed by atoms with Crippen molar-refractivity contribution >= 4 is 49.3 Å². The van der Waals surface area contributed by atoms with Crippen LogP contribution >= 0.6 is 27.5 Å². The summed E-state index contributed by atoms with van der Waals surface area (Å²) in [4.78, 5) is 3.40. The molecule has 0 saturated carbocycles. The van der Waals surface area contributed by atoms with Gasteiger partial charge in [0.1, 0.15) is 0 Å². The Balaban J connectivity index is 2.45. The third-order valence-corrected chi connectivity index (χ3v) is 4.49. The molecule has 1 heterocycles. The Morgan fingerprint density at radius 2 is 1.84 bits per heavy atom. The van der Waals surface area contributed by atoms with Crippen LogP contribution in [0.2, 0.25) is 5.02 Å². The topological polar surface area (TPSA) is 15.8 Å². The molecule has 0 aliphatic rings. The average Bonchev–Trinajstić information content (AvgIpc) is 2.72. The van der Waals surface area contributed by atoms with Crippen LogP contribution in [0.1, 0.15) is 26.3 Å². The standard InChI is InChI=1S/C16H15BrClN/c1-16(2,3)9-4-7-13-10(8-9)14-11(17)5-6-12(18)15(14)19-13/h4-8,19H,1-3H3. The summed E-state index contributed by atoms with van der Waals surface area (Å²) in [5, 5.41) is 3.14. The highest BCUT2D eigenvalue weighted by Crippen LogP contribution is 2.37. The number of halogens is 2.